The summed E-state index contributed by atoms with van der Waals surface area (Å²) in [5, 5.41) is 0. The van der Waals surface area contributed by atoms with E-state index < -0.39 is 0 Å². The van der Waals surface area contributed by atoms with Crippen LogP contribution in [0.25, 0.3) is 0 Å². The fraction of sp³-hybridized carbons (Fsp3) is 0.929. The zero-order chi connectivity index (χ0) is 11.4. The number of ether oxygens (including phenoxy) is 1. The maximum absolute atomic E-state index is 12.1. The molecule has 1 aliphatic carbocycles. The normalized spacial score (nSPS) is 28.8. The average molecular weight is 224 g/mol. The van der Waals surface area contributed by atoms with Crippen LogP contribution in [-0.4, -0.2) is 17.5 Å². The highest BCUT2D eigenvalue weighted by Gasteiger charge is 2.47. The van der Waals surface area contributed by atoms with E-state index in [0.29, 0.717) is 12.2 Å². The van der Waals surface area contributed by atoms with Gasteiger partial charge in [0.1, 0.15) is 5.60 Å². The molecule has 2 heteroatoms. The Bertz CT molecular complexity index is 241. The molecule has 1 spiro atoms. The SMILES string of the molecule is CCCCC[C@H]1CC(=O)C2(CCCCC2)O1. The van der Waals surface area contributed by atoms with Crippen molar-refractivity contribution >= 4 is 5.78 Å². The van der Waals surface area contributed by atoms with Crippen LogP contribution in [0.15, 0.2) is 0 Å². The van der Waals surface area contributed by atoms with Crippen molar-refractivity contribution in [3.63, 3.8) is 0 Å². The average Bonchev–Trinajstić information content (AvgIpc) is 2.57. The summed E-state index contributed by atoms with van der Waals surface area (Å²) in [5.41, 5.74) is -0.338. The highest BCUT2D eigenvalue weighted by atomic mass is 16.5. The Morgan fingerprint density at radius 1 is 1.25 bits per heavy atom. The second-order valence-electron chi connectivity index (χ2n) is 5.42. The van der Waals surface area contributed by atoms with Gasteiger partial charge in [0.2, 0.25) is 0 Å². The molecule has 0 N–H and O–H groups in total. The molecule has 1 saturated heterocycles. The Kier molecular flexibility index (Phi) is 4.01. The van der Waals surface area contributed by atoms with E-state index in [2.05, 4.69) is 6.92 Å². The van der Waals surface area contributed by atoms with Gasteiger partial charge in [0.15, 0.2) is 5.78 Å². The van der Waals surface area contributed by atoms with Crippen molar-refractivity contribution in [2.75, 3.05) is 0 Å². The van der Waals surface area contributed by atoms with E-state index >= 15 is 0 Å². The number of carbonyl (C=O) groups excluding carboxylic acids is 1. The highest BCUT2D eigenvalue weighted by Crippen LogP contribution is 2.40. The van der Waals surface area contributed by atoms with E-state index in [0.717, 1.165) is 19.3 Å². The van der Waals surface area contributed by atoms with Crippen molar-refractivity contribution in [3.8, 4) is 0 Å². The van der Waals surface area contributed by atoms with E-state index in [9.17, 15) is 4.79 Å². The lowest BCUT2D eigenvalue weighted by Crippen LogP contribution is -2.38. The molecule has 16 heavy (non-hydrogen) atoms. The fourth-order valence-electron chi connectivity index (χ4n) is 3.12. The van der Waals surface area contributed by atoms with Crippen LogP contribution in [0.4, 0.5) is 0 Å². The third-order valence-corrected chi connectivity index (χ3v) is 4.10. The third kappa shape index (κ3) is 2.48. The Hall–Kier alpha value is -0.370. The molecule has 92 valence electrons. The zero-order valence-corrected chi connectivity index (χ0v) is 10.5. The molecule has 1 atom stereocenters. The summed E-state index contributed by atoms with van der Waals surface area (Å²) in [6.45, 7) is 2.21. The summed E-state index contributed by atoms with van der Waals surface area (Å²) < 4.78 is 6.10. The molecule has 0 aromatic carbocycles. The van der Waals surface area contributed by atoms with Gasteiger partial charge >= 0.3 is 0 Å². The lowest BCUT2D eigenvalue weighted by molar-refractivity contribution is -0.137. The monoisotopic (exact) mass is 224 g/mol. The fourth-order valence-corrected chi connectivity index (χ4v) is 3.12. The van der Waals surface area contributed by atoms with Crippen molar-refractivity contribution in [2.24, 2.45) is 0 Å². The number of Topliss-reactive ketones (excluding diaryl/α,β-unsaturated/α-hetero) is 1. The first-order chi connectivity index (χ1) is 7.77. The van der Waals surface area contributed by atoms with Gasteiger partial charge in [-0.25, -0.2) is 0 Å². The molecule has 2 nitrogen and oxygen atoms in total. The first kappa shape index (κ1) is 12.1. The van der Waals surface area contributed by atoms with E-state index in [1.807, 2.05) is 0 Å². The van der Waals surface area contributed by atoms with E-state index in [1.54, 1.807) is 0 Å². The molecule has 0 aromatic heterocycles. The van der Waals surface area contributed by atoms with Gasteiger partial charge in [-0.2, -0.15) is 0 Å². The standard InChI is InChI=1S/C14H24O2/c1-2-3-5-8-12-11-13(15)14(16-12)9-6-4-7-10-14/h12H,2-11H2,1H3/t12-/m0/s1. The van der Waals surface area contributed by atoms with Gasteiger partial charge in [-0.05, 0) is 19.3 Å². The molecule has 2 rings (SSSR count). The van der Waals surface area contributed by atoms with Crippen LogP contribution in [0.3, 0.4) is 0 Å². The number of hydrogen-bond donors (Lipinski definition) is 0. The van der Waals surface area contributed by atoms with Crippen LogP contribution in [0.2, 0.25) is 0 Å². The Morgan fingerprint density at radius 3 is 2.69 bits per heavy atom. The number of hydrogen-bond acceptors (Lipinski definition) is 2. The van der Waals surface area contributed by atoms with Gasteiger partial charge in [0.25, 0.3) is 0 Å². The molecule has 0 amide bonds. The molecule has 0 unspecified atom stereocenters. The molecule has 2 fully saturated rings. The molecule has 1 saturated carbocycles. The largest absolute Gasteiger partial charge is 0.364 e. The summed E-state index contributed by atoms with van der Waals surface area (Å²) in [6.07, 6.45) is 11.3. The van der Waals surface area contributed by atoms with Crippen molar-refractivity contribution < 1.29 is 9.53 Å². The predicted molar refractivity (Wildman–Crippen MR) is 64.5 cm³/mol. The number of ketones is 1. The van der Waals surface area contributed by atoms with E-state index in [-0.39, 0.29) is 11.7 Å². The summed E-state index contributed by atoms with van der Waals surface area (Å²) >= 11 is 0. The van der Waals surface area contributed by atoms with Gasteiger partial charge in [-0.3, -0.25) is 4.79 Å². The minimum Gasteiger partial charge on any atom is -0.364 e. The molecule has 1 heterocycles. The number of unbranched alkanes of at least 4 members (excludes halogenated alkanes) is 2. The molecule has 1 aliphatic heterocycles. The second-order valence-corrected chi connectivity index (χ2v) is 5.42. The van der Waals surface area contributed by atoms with Gasteiger partial charge in [-0.15, -0.1) is 0 Å². The first-order valence-corrected chi connectivity index (χ1v) is 6.98. The van der Waals surface area contributed by atoms with Crippen LogP contribution in [-0.2, 0) is 9.53 Å². The second kappa shape index (κ2) is 5.31. The lowest BCUT2D eigenvalue weighted by atomic mass is 9.82. The molecule has 0 radical (unpaired) electrons. The van der Waals surface area contributed by atoms with Crippen molar-refractivity contribution in [1.82, 2.24) is 0 Å². The molecule has 0 aromatic rings. The van der Waals surface area contributed by atoms with Crippen molar-refractivity contribution in [3.05, 3.63) is 0 Å². The van der Waals surface area contributed by atoms with Crippen LogP contribution >= 0.6 is 0 Å². The molecule has 0 bridgehead atoms. The highest BCUT2D eigenvalue weighted by molar-refractivity contribution is 5.89. The Balaban J connectivity index is 1.85. The van der Waals surface area contributed by atoms with Crippen LogP contribution in [0, 0.1) is 0 Å². The smallest absolute Gasteiger partial charge is 0.167 e. The summed E-state index contributed by atoms with van der Waals surface area (Å²) in [4.78, 5) is 12.1. The third-order valence-electron chi connectivity index (χ3n) is 4.10. The van der Waals surface area contributed by atoms with Gasteiger partial charge in [-0.1, -0.05) is 45.4 Å². The maximum Gasteiger partial charge on any atom is 0.167 e. The lowest BCUT2D eigenvalue weighted by Gasteiger charge is -2.31. The first-order valence-electron chi connectivity index (χ1n) is 6.98. The quantitative estimate of drug-likeness (QED) is 0.682. The van der Waals surface area contributed by atoms with Crippen LogP contribution < -0.4 is 0 Å². The van der Waals surface area contributed by atoms with Gasteiger partial charge < -0.3 is 4.74 Å². The number of carbonyl (C=O) groups is 1. The summed E-state index contributed by atoms with van der Waals surface area (Å²) in [6, 6.07) is 0. The van der Waals surface area contributed by atoms with Crippen LogP contribution in [0.5, 0.6) is 0 Å². The molecule has 2 aliphatic rings. The minimum atomic E-state index is -0.338. The summed E-state index contributed by atoms with van der Waals surface area (Å²) in [5.74, 6) is 0.397. The maximum atomic E-state index is 12.1. The predicted octanol–water partition coefficient (Wildman–Crippen LogP) is 3.63. The topological polar surface area (TPSA) is 26.3 Å². The Morgan fingerprint density at radius 2 is 2.00 bits per heavy atom. The van der Waals surface area contributed by atoms with E-state index in [4.69, 9.17) is 4.74 Å². The van der Waals surface area contributed by atoms with E-state index in [1.165, 1.54) is 38.5 Å². The minimum absolute atomic E-state index is 0.233. The van der Waals surface area contributed by atoms with Crippen molar-refractivity contribution in [2.45, 2.75) is 82.8 Å². The van der Waals surface area contributed by atoms with Crippen LogP contribution in [0.1, 0.15) is 71.1 Å². The van der Waals surface area contributed by atoms with Gasteiger partial charge in [0, 0.05) is 6.42 Å². The number of rotatable bonds is 4. The molecular formula is C14H24O2. The Labute approximate surface area is 98.7 Å². The zero-order valence-electron chi connectivity index (χ0n) is 10.5. The summed E-state index contributed by atoms with van der Waals surface area (Å²) in [7, 11) is 0. The van der Waals surface area contributed by atoms with Crippen molar-refractivity contribution in [1.29, 1.82) is 0 Å². The van der Waals surface area contributed by atoms with Gasteiger partial charge in [0.05, 0.1) is 6.10 Å². The molecular weight excluding hydrogens is 200 g/mol.